The van der Waals surface area contributed by atoms with Gasteiger partial charge in [-0.05, 0) is 60.6 Å². The van der Waals surface area contributed by atoms with Crippen LogP contribution in [0.5, 0.6) is 5.75 Å². The predicted molar refractivity (Wildman–Crippen MR) is 153 cm³/mol. The number of aromatic nitrogens is 1. The van der Waals surface area contributed by atoms with E-state index in [2.05, 4.69) is 36.2 Å². The van der Waals surface area contributed by atoms with Gasteiger partial charge in [0.1, 0.15) is 18.1 Å². The number of ether oxygens (including phenoxy) is 1. The first-order valence-electron chi connectivity index (χ1n) is 13.3. The van der Waals surface area contributed by atoms with Gasteiger partial charge in [-0.15, -0.1) is 0 Å². The molecule has 5 nitrogen and oxygen atoms in total. The highest BCUT2D eigenvalue weighted by Gasteiger charge is 2.30. The van der Waals surface area contributed by atoms with Crippen molar-refractivity contribution >= 4 is 22.4 Å². The Morgan fingerprint density at radius 3 is 2.47 bits per heavy atom. The van der Waals surface area contributed by atoms with E-state index in [9.17, 15) is 9.90 Å². The molecule has 0 bridgehead atoms. The lowest BCUT2D eigenvalue weighted by Gasteiger charge is -2.24. The third kappa shape index (κ3) is 5.57. The normalized spacial score (nSPS) is 16.3. The molecule has 0 spiro atoms. The summed E-state index contributed by atoms with van der Waals surface area (Å²) in [6.07, 6.45) is 2.20. The first-order valence-corrected chi connectivity index (χ1v) is 13.3. The maximum atomic E-state index is 13.1. The van der Waals surface area contributed by atoms with Crippen molar-refractivity contribution in [1.29, 1.82) is 0 Å². The first-order chi connectivity index (χ1) is 18.5. The Morgan fingerprint density at radius 1 is 1.03 bits per heavy atom. The van der Waals surface area contributed by atoms with E-state index >= 15 is 0 Å². The predicted octanol–water partition coefficient (Wildman–Crippen LogP) is 7.41. The van der Waals surface area contributed by atoms with E-state index in [0.29, 0.717) is 43.7 Å². The van der Waals surface area contributed by atoms with Gasteiger partial charge >= 0.3 is 0 Å². The Morgan fingerprint density at radius 2 is 1.76 bits per heavy atom. The number of hydrogen-bond donors (Lipinski definition) is 2. The second-order valence-corrected chi connectivity index (χ2v) is 9.90. The summed E-state index contributed by atoms with van der Waals surface area (Å²) in [4.78, 5) is 21.4. The zero-order valence-corrected chi connectivity index (χ0v) is 22.0. The van der Waals surface area contributed by atoms with Crippen molar-refractivity contribution in [3.63, 3.8) is 0 Å². The third-order valence-electron chi connectivity index (χ3n) is 7.34. The topological polar surface area (TPSA) is 74.7 Å². The van der Waals surface area contributed by atoms with Crippen LogP contribution in [-0.2, 0) is 17.8 Å². The van der Waals surface area contributed by atoms with Crippen molar-refractivity contribution in [1.82, 2.24) is 4.98 Å². The molecule has 0 amide bonds. The Labute approximate surface area is 223 Å². The van der Waals surface area contributed by atoms with E-state index in [1.54, 1.807) is 0 Å². The Hall–Kier alpha value is -4.12. The highest BCUT2D eigenvalue weighted by Crippen LogP contribution is 2.34. The van der Waals surface area contributed by atoms with Crippen LogP contribution in [0, 0.1) is 6.92 Å². The fourth-order valence-electron chi connectivity index (χ4n) is 5.37. The monoisotopic (exact) mass is 506 g/mol. The number of aliphatic hydroxyl groups excluding tert-OH is 1. The van der Waals surface area contributed by atoms with E-state index in [0.717, 1.165) is 39.9 Å². The molecule has 0 radical (unpaired) electrons. The number of allylic oxidation sites excluding steroid dienone is 2. The summed E-state index contributed by atoms with van der Waals surface area (Å²) in [6, 6.07) is 26.2. The average molecular weight is 507 g/mol. The smallest absolute Gasteiger partial charge is 0.168 e. The molecular weight excluding hydrogens is 472 g/mol. The number of fused-ring (bicyclic) bond motifs is 1. The van der Waals surface area contributed by atoms with Crippen LogP contribution < -0.4 is 4.74 Å². The first kappa shape index (κ1) is 25.5. The highest BCUT2D eigenvalue weighted by atomic mass is 16.5. The highest BCUT2D eigenvalue weighted by molar-refractivity contribution is 6.23. The number of nitrogens with zero attached hydrogens (tertiary/aromatic N) is 1. The van der Waals surface area contributed by atoms with Crippen LogP contribution in [0.15, 0.2) is 95.2 Å². The number of hydrogen-bond acceptors (Lipinski definition) is 4. The molecule has 4 aromatic rings. The van der Waals surface area contributed by atoms with Gasteiger partial charge in [-0.1, -0.05) is 67.6 Å². The zero-order chi connectivity index (χ0) is 26.5. The molecule has 1 aliphatic rings. The van der Waals surface area contributed by atoms with Gasteiger partial charge in [-0.3, -0.25) is 9.79 Å². The molecule has 1 atom stereocenters. The van der Waals surface area contributed by atoms with Gasteiger partial charge < -0.3 is 14.8 Å². The van der Waals surface area contributed by atoms with E-state index in [-0.39, 0.29) is 17.5 Å². The standard InChI is InChI=1S/C33H34N2O3/c1-3-29(33-31(36)18-25(19-32(33)37)24-12-8-5-9-13-24)34-17-16-27-22(2)35-30-15-14-26(20-28(27)30)38-21-23-10-6-4-7-11-23/h4-15,20,25,35-36H,3,16-19,21H2,1-2H3. The molecule has 0 saturated carbocycles. The number of nitrogens with one attached hydrogen (secondary N) is 1. The van der Waals surface area contributed by atoms with Crippen LogP contribution in [0.3, 0.4) is 0 Å². The van der Waals surface area contributed by atoms with Crippen LogP contribution in [0.4, 0.5) is 0 Å². The van der Waals surface area contributed by atoms with Crippen LogP contribution >= 0.6 is 0 Å². The SMILES string of the molecule is CCC(=NCCc1c(C)[nH]c2ccc(OCc3ccccc3)cc12)C1=C(O)CC(c2ccccc2)CC1=O. The molecule has 1 unspecified atom stereocenters. The van der Waals surface area contributed by atoms with E-state index in [1.807, 2.05) is 61.5 Å². The Balaban J connectivity index is 1.31. The molecule has 0 fully saturated rings. The minimum Gasteiger partial charge on any atom is -0.511 e. The van der Waals surface area contributed by atoms with E-state index < -0.39 is 0 Å². The summed E-state index contributed by atoms with van der Waals surface area (Å²) in [5.41, 5.74) is 6.71. The number of Topliss-reactive ketones (excluding diaryl/α,β-unsaturated/α-hetero) is 1. The van der Waals surface area contributed by atoms with Crippen molar-refractivity contribution in [2.45, 2.75) is 52.1 Å². The summed E-state index contributed by atoms with van der Waals surface area (Å²) < 4.78 is 6.06. The Bertz CT molecular complexity index is 1480. The number of carbonyl (C=O) groups excluding carboxylic acids is 1. The van der Waals surface area contributed by atoms with Crippen molar-refractivity contribution < 1.29 is 14.6 Å². The number of aromatic amines is 1. The summed E-state index contributed by atoms with van der Waals surface area (Å²) in [6.45, 7) is 5.13. The van der Waals surface area contributed by atoms with Crippen molar-refractivity contribution in [2.75, 3.05) is 6.54 Å². The fraction of sp³-hybridized carbons (Fsp3) is 0.273. The molecule has 38 heavy (non-hydrogen) atoms. The third-order valence-corrected chi connectivity index (χ3v) is 7.34. The molecule has 5 rings (SSSR count). The van der Waals surface area contributed by atoms with Gasteiger partial charge in [0, 0.05) is 41.7 Å². The number of benzene rings is 3. The van der Waals surface area contributed by atoms with E-state index in [4.69, 9.17) is 9.73 Å². The second-order valence-electron chi connectivity index (χ2n) is 9.90. The number of carbonyl (C=O) groups is 1. The zero-order valence-electron chi connectivity index (χ0n) is 22.0. The molecule has 1 aliphatic carbocycles. The van der Waals surface area contributed by atoms with Gasteiger partial charge in [-0.25, -0.2) is 0 Å². The maximum Gasteiger partial charge on any atom is 0.168 e. The van der Waals surface area contributed by atoms with Gasteiger partial charge in [0.15, 0.2) is 5.78 Å². The maximum absolute atomic E-state index is 13.1. The van der Waals surface area contributed by atoms with Gasteiger partial charge in [0.2, 0.25) is 0 Å². The summed E-state index contributed by atoms with van der Waals surface area (Å²) in [5, 5.41) is 12.0. The molecule has 5 heteroatoms. The van der Waals surface area contributed by atoms with Crippen LogP contribution in [0.1, 0.15) is 54.5 Å². The van der Waals surface area contributed by atoms with Crippen molar-refractivity contribution in [3.8, 4) is 5.75 Å². The largest absolute Gasteiger partial charge is 0.511 e. The molecule has 1 aromatic heterocycles. The second kappa shape index (κ2) is 11.5. The number of aliphatic imine (C=N–C) groups is 1. The van der Waals surface area contributed by atoms with E-state index in [1.165, 1.54) is 5.56 Å². The number of ketones is 1. The van der Waals surface area contributed by atoms with Gasteiger partial charge in [0.05, 0.1) is 5.57 Å². The number of aliphatic hydroxyl groups is 1. The molecule has 3 aromatic carbocycles. The molecule has 2 N–H and O–H groups in total. The number of H-pyrrole nitrogens is 1. The molecule has 0 aliphatic heterocycles. The minimum atomic E-state index is -0.0216. The average Bonchev–Trinajstić information content (AvgIpc) is 3.25. The minimum absolute atomic E-state index is 0.0118. The quantitative estimate of drug-likeness (QED) is 0.232. The van der Waals surface area contributed by atoms with Crippen molar-refractivity contribution in [3.05, 3.63) is 113 Å². The molecule has 1 heterocycles. The lowest BCUT2D eigenvalue weighted by atomic mass is 9.81. The van der Waals surface area contributed by atoms with Crippen LogP contribution in [0.2, 0.25) is 0 Å². The number of rotatable bonds is 9. The van der Waals surface area contributed by atoms with Crippen LogP contribution in [0.25, 0.3) is 10.9 Å². The summed E-state index contributed by atoms with van der Waals surface area (Å²) >= 11 is 0. The number of aryl methyl sites for hydroxylation is 1. The lowest BCUT2D eigenvalue weighted by molar-refractivity contribution is -0.116. The van der Waals surface area contributed by atoms with Crippen LogP contribution in [-0.4, -0.2) is 28.1 Å². The lowest BCUT2D eigenvalue weighted by Crippen LogP contribution is -2.23. The summed E-state index contributed by atoms with van der Waals surface area (Å²) in [5.74, 6) is 0.985. The van der Waals surface area contributed by atoms with Gasteiger partial charge in [-0.2, -0.15) is 0 Å². The molecule has 194 valence electrons. The molecular formula is C33H34N2O3. The molecule has 0 saturated heterocycles. The Kier molecular flexibility index (Phi) is 7.73. The van der Waals surface area contributed by atoms with Crippen molar-refractivity contribution in [2.24, 2.45) is 4.99 Å². The summed E-state index contributed by atoms with van der Waals surface area (Å²) in [7, 11) is 0. The van der Waals surface area contributed by atoms with Gasteiger partial charge in [0.25, 0.3) is 0 Å². The fourth-order valence-corrected chi connectivity index (χ4v) is 5.37.